The van der Waals surface area contributed by atoms with Gasteiger partial charge in [-0.05, 0) is 97.8 Å². The maximum absolute atomic E-state index is 12.2. The number of methoxy groups -OCH3 is 2. The molecule has 332 valence electrons. The van der Waals surface area contributed by atoms with Gasteiger partial charge in [0.05, 0.1) is 20.1 Å². The number of amides is 2. The summed E-state index contributed by atoms with van der Waals surface area (Å²) in [5.41, 5.74) is -1.15. The van der Waals surface area contributed by atoms with Crippen LogP contribution in [0.2, 0.25) is 0 Å². The van der Waals surface area contributed by atoms with E-state index in [2.05, 4.69) is 20.8 Å². The van der Waals surface area contributed by atoms with Gasteiger partial charge in [0.2, 0.25) is 0 Å². The molecule has 57 heavy (non-hydrogen) atoms. The minimum atomic E-state index is -0.938. The van der Waals surface area contributed by atoms with E-state index >= 15 is 0 Å². The Kier molecular flexibility index (Phi) is 33.7. The van der Waals surface area contributed by atoms with Gasteiger partial charge in [-0.3, -0.25) is 14.6 Å². The third-order valence-corrected chi connectivity index (χ3v) is 9.84. The first-order valence-corrected chi connectivity index (χ1v) is 20.1. The van der Waals surface area contributed by atoms with E-state index < -0.39 is 41.4 Å². The summed E-state index contributed by atoms with van der Waals surface area (Å²) in [6, 6.07) is -1.26. The van der Waals surface area contributed by atoms with Crippen molar-refractivity contribution < 1.29 is 77.5 Å². The van der Waals surface area contributed by atoms with Gasteiger partial charge >= 0.3 is 49.0 Å². The molecule has 2 aliphatic heterocycles. The molecule has 2 heterocycles. The number of hydrogen-bond acceptors (Lipinski definition) is 11. The van der Waals surface area contributed by atoms with Crippen molar-refractivity contribution in [2.45, 2.75) is 183 Å². The molecule has 3 rings (SSSR count). The molecule has 0 aromatic carbocycles. The molecule has 2 saturated heterocycles. The molecule has 0 bridgehead atoms. The van der Waals surface area contributed by atoms with Gasteiger partial charge in [0.15, 0.2) is 0 Å². The maximum atomic E-state index is 12.2. The Morgan fingerprint density at radius 1 is 0.614 bits per heavy atom. The maximum Gasteiger partial charge on any atom is 1.00 e. The number of nitrogens with zero attached hydrogens (tertiary/aromatic N) is 2. The van der Waals surface area contributed by atoms with E-state index in [1.54, 1.807) is 20.8 Å². The van der Waals surface area contributed by atoms with Crippen molar-refractivity contribution in [3.05, 3.63) is 0 Å². The normalized spacial score (nSPS) is 22.8. The van der Waals surface area contributed by atoms with Crippen LogP contribution in [-0.2, 0) is 33.3 Å². The summed E-state index contributed by atoms with van der Waals surface area (Å²) >= 11 is 0. The van der Waals surface area contributed by atoms with Crippen LogP contribution >= 0.6 is 0 Å². The SMILES string of the molecule is C.CCCC1CCCC(C(=O)OC)C1.CCCC1CCN(C(=O)OC(C)(C)C)C(C(=O)O)C1.CCCC1CCN(C(=O)OC(C)(C)C)C(C(=O)OC)C1.CO.[Li+].[OH-]. The predicted octanol–water partition coefficient (Wildman–Crippen LogP) is 5.70. The fraction of sp³-hybridized carbons (Fsp3) is 0.881. The van der Waals surface area contributed by atoms with E-state index in [1.165, 1.54) is 49.7 Å². The van der Waals surface area contributed by atoms with Gasteiger partial charge in [-0.15, -0.1) is 0 Å². The molecular formula is C42H81LiN2O12. The second-order valence-corrected chi connectivity index (χ2v) is 16.6. The standard InChI is InChI=1S/C15H27NO4.C14H25NO4.C11H20O2.CH4O.CH4.Li.H2O/c1-6-7-11-8-9-16(12(10-11)13(17)19-5)14(18)20-15(2,3)4;1-5-6-10-7-8-15(11(9-10)12(16)17)13(18)19-14(2,3)4;1-3-5-9-6-4-7-10(8-9)11(12)13-2;1-2;;;/h11-12H,6-10H2,1-5H3;10-11H,5-9H2,1-4H3,(H,16,17);9-10H,3-8H2,1-2H3;2H,1H3;1H4;;1H2/q;;;;;+1;/p-1. The second-order valence-electron chi connectivity index (χ2n) is 16.6. The van der Waals surface area contributed by atoms with Gasteiger partial charge in [-0.25, -0.2) is 19.2 Å². The molecular weight excluding hydrogens is 731 g/mol. The Bertz CT molecular complexity index is 1130. The smallest absolute Gasteiger partial charge is 0.870 e. The van der Waals surface area contributed by atoms with Gasteiger partial charge in [-0.1, -0.05) is 79.6 Å². The molecule has 3 aliphatic rings. The number of aliphatic hydroxyl groups is 1. The molecule has 1 saturated carbocycles. The van der Waals surface area contributed by atoms with Crippen molar-refractivity contribution in [3.63, 3.8) is 0 Å². The first-order valence-electron chi connectivity index (χ1n) is 20.1. The zero-order valence-electron chi connectivity index (χ0n) is 37.2. The third kappa shape index (κ3) is 24.2. The molecule has 2 amide bonds. The van der Waals surface area contributed by atoms with Crippen LogP contribution < -0.4 is 18.9 Å². The molecule has 6 unspecified atom stereocenters. The molecule has 3 N–H and O–H groups in total. The number of aliphatic carboxylic acids is 1. The number of carboxylic acid groups (broad SMARTS) is 1. The van der Waals surface area contributed by atoms with Crippen molar-refractivity contribution in [1.82, 2.24) is 9.80 Å². The number of carbonyl (C=O) groups is 5. The summed E-state index contributed by atoms with van der Waals surface area (Å²) < 4.78 is 20.3. The van der Waals surface area contributed by atoms with E-state index in [9.17, 15) is 29.1 Å². The molecule has 15 heteroatoms. The van der Waals surface area contributed by atoms with Crippen LogP contribution in [0.1, 0.15) is 160 Å². The van der Waals surface area contributed by atoms with Crippen LogP contribution in [-0.4, -0.2) is 113 Å². The molecule has 0 radical (unpaired) electrons. The van der Waals surface area contributed by atoms with Crippen LogP contribution in [0.15, 0.2) is 0 Å². The van der Waals surface area contributed by atoms with Crippen molar-refractivity contribution in [2.75, 3.05) is 34.4 Å². The molecule has 0 aromatic heterocycles. The molecule has 6 atom stereocenters. The van der Waals surface area contributed by atoms with E-state index in [-0.39, 0.29) is 49.6 Å². The molecule has 14 nitrogen and oxygen atoms in total. The number of rotatable bonds is 9. The number of hydrogen-bond donors (Lipinski definition) is 2. The van der Waals surface area contributed by atoms with Crippen LogP contribution in [0, 0.1) is 23.7 Å². The number of ether oxygens (including phenoxy) is 4. The van der Waals surface area contributed by atoms with Crippen LogP contribution in [0.3, 0.4) is 0 Å². The summed E-state index contributed by atoms with van der Waals surface area (Å²) in [6.07, 6.45) is 13.4. The Balaban J connectivity index is -0.000000359. The first-order chi connectivity index (χ1) is 25.3. The van der Waals surface area contributed by atoms with Gasteiger partial charge in [0, 0.05) is 20.2 Å². The number of likely N-dealkylation sites (tertiary alicyclic amines) is 2. The summed E-state index contributed by atoms with van der Waals surface area (Å²) in [6.45, 7) is 18.3. The van der Waals surface area contributed by atoms with E-state index in [0.29, 0.717) is 37.8 Å². The minimum absolute atomic E-state index is 0. The number of aliphatic hydroxyl groups excluding tert-OH is 1. The van der Waals surface area contributed by atoms with Crippen molar-refractivity contribution in [1.29, 1.82) is 0 Å². The fourth-order valence-electron chi connectivity index (χ4n) is 7.43. The van der Waals surface area contributed by atoms with E-state index in [1.807, 2.05) is 20.8 Å². The Labute approximate surface area is 357 Å². The topological polar surface area (TPSA) is 199 Å². The monoisotopic (exact) mass is 813 g/mol. The summed E-state index contributed by atoms with van der Waals surface area (Å²) in [5, 5.41) is 16.3. The third-order valence-electron chi connectivity index (χ3n) is 9.84. The average molecular weight is 813 g/mol. The van der Waals surface area contributed by atoms with Crippen molar-refractivity contribution >= 4 is 30.1 Å². The number of piperidine rings is 2. The number of esters is 2. The quantitative estimate of drug-likeness (QED) is 0.164. The summed E-state index contributed by atoms with van der Waals surface area (Å²) in [5.74, 6) is 0.537. The van der Waals surface area contributed by atoms with Gasteiger partial charge < -0.3 is 34.6 Å². The number of carboxylic acids is 1. The summed E-state index contributed by atoms with van der Waals surface area (Å²) in [4.78, 5) is 61.7. The Morgan fingerprint density at radius 3 is 1.33 bits per heavy atom. The van der Waals surface area contributed by atoms with E-state index in [4.69, 9.17) is 24.1 Å². The van der Waals surface area contributed by atoms with E-state index in [0.717, 1.165) is 64.4 Å². The van der Waals surface area contributed by atoms with Crippen LogP contribution in [0.4, 0.5) is 9.59 Å². The first kappa shape index (κ1) is 61.1. The molecule has 1 aliphatic carbocycles. The second kappa shape index (κ2) is 31.4. The van der Waals surface area contributed by atoms with Crippen LogP contribution in [0.5, 0.6) is 0 Å². The molecule has 0 spiro atoms. The summed E-state index contributed by atoms with van der Waals surface area (Å²) in [7, 11) is 3.85. The minimum Gasteiger partial charge on any atom is -0.870 e. The fourth-order valence-corrected chi connectivity index (χ4v) is 7.43. The predicted molar refractivity (Wildman–Crippen MR) is 218 cm³/mol. The van der Waals surface area contributed by atoms with Gasteiger partial charge in [0.1, 0.15) is 23.3 Å². The van der Waals surface area contributed by atoms with Crippen molar-refractivity contribution in [2.24, 2.45) is 23.7 Å². The largest absolute Gasteiger partial charge is 1.00 e. The number of carbonyl (C=O) groups excluding carboxylic acids is 4. The average Bonchev–Trinajstić information content (AvgIpc) is 3.11. The zero-order valence-corrected chi connectivity index (χ0v) is 37.2. The van der Waals surface area contributed by atoms with Crippen LogP contribution in [0.25, 0.3) is 0 Å². The zero-order chi connectivity index (χ0) is 41.6. The Morgan fingerprint density at radius 2 is 0.982 bits per heavy atom. The Hall–Kier alpha value is -2.53. The molecule has 0 aromatic rings. The van der Waals surface area contributed by atoms with Gasteiger partial charge in [0.25, 0.3) is 0 Å². The van der Waals surface area contributed by atoms with Crippen molar-refractivity contribution in [3.8, 4) is 0 Å². The van der Waals surface area contributed by atoms with Gasteiger partial charge in [-0.2, -0.15) is 0 Å². The molecule has 3 fully saturated rings.